The lowest BCUT2D eigenvalue weighted by atomic mass is 9.85. The maximum absolute atomic E-state index is 5.54. The number of ether oxygens (including phenoxy) is 1. The van der Waals surface area contributed by atoms with E-state index < -0.39 is 0 Å². The minimum atomic E-state index is 0.522. The van der Waals surface area contributed by atoms with E-state index in [0.717, 1.165) is 31.6 Å². The van der Waals surface area contributed by atoms with Crippen LogP contribution in [0.5, 0.6) is 0 Å². The molecule has 1 N–H and O–H groups in total. The number of fused-ring (bicyclic) bond motifs is 1. The van der Waals surface area contributed by atoms with Crippen LogP contribution in [0.25, 0.3) is 0 Å². The third-order valence-corrected chi connectivity index (χ3v) is 4.88. The second-order valence-corrected chi connectivity index (χ2v) is 6.13. The van der Waals surface area contributed by atoms with E-state index in [1.165, 1.54) is 36.0 Å². The van der Waals surface area contributed by atoms with Crippen LogP contribution in [-0.4, -0.2) is 6.54 Å². The van der Waals surface area contributed by atoms with E-state index in [1.807, 2.05) is 0 Å². The van der Waals surface area contributed by atoms with Crippen LogP contribution in [0, 0.1) is 11.8 Å². The van der Waals surface area contributed by atoms with Crippen LogP contribution in [0.2, 0.25) is 0 Å². The Morgan fingerprint density at radius 1 is 1.26 bits per heavy atom. The first kappa shape index (κ1) is 13.1. The molecule has 1 fully saturated rings. The molecule has 19 heavy (non-hydrogen) atoms. The lowest BCUT2D eigenvalue weighted by molar-refractivity contribution is 0.134. The van der Waals surface area contributed by atoms with Gasteiger partial charge in [0, 0.05) is 6.04 Å². The third-order valence-electron chi connectivity index (χ3n) is 4.88. The van der Waals surface area contributed by atoms with E-state index in [1.54, 1.807) is 0 Å². The molecule has 1 aliphatic heterocycles. The second-order valence-electron chi connectivity index (χ2n) is 6.13. The number of nitrogens with one attached hydrogen (secondary N) is 1. The van der Waals surface area contributed by atoms with Gasteiger partial charge in [-0.2, -0.15) is 0 Å². The minimum absolute atomic E-state index is 0.522. The number of hydrogen-bond donors (Lipinski definition) is 1. The van der Waals surface area contributed by atoms with Crippen molar-refractivity contribution in [3.63, 3.8) is 0 Å². The van der Waals surface area contributed by atoms with Gasteiger partial charge in [-0.15, -0.1) is 0 Å². The lowest BCUT2D eigenvalue weighted by Crippen LogP contribution is -2.29. The summed E-state index contributed by atoms with van der Waals surface area (Å²) in [6.45, 7) is 7.26. The quantitative estimate of drug-likeness (QED) is 0.888. The fraction of sp³-hybridized carbons (Fsp3) is 0.647. The van der Waals surface area contributed by atoms with Crippen molar-refractivity contribution in [2.45, 2.75) is 52.4 Å². The third kappa shape index (κ3) is 2.56. The Labute approximate surface area is 116 Å². The molecule has 1 heterocycles. The number of hydrogen-bond acceptors (Lipinski definition) is 2. The highest BCUT2D eigenvalue weighted by atomic mass is 16.5. The van der Waals surface area contributed by atoms with Crippen molar-refractivity contribution in [2.75, 3.05) is 6.54 Å². The van der Waals surface area contributed by atoms with Gasteiger partial charge in [0.15, 0.2) is 0 Å². The van der Waals surface area contributed by atoms with Crippen molar-refractivity contribution < 1.29 is 4.74 Å². The molecule has 0 bridgehead atoms. The summed E-state index contributed by atoms with van der Waals surface area (Å²) >= 11 is 0. The Morgan fingerprint density at radius 3 is 2.84 bits per heavy atom. The maximum atomic E-state index is 5.54. The van der Waals surface area contributed by atoms with Crippen LogP contribution >= 0.6 is 0 Å². The van der Waals surface area contributed by atoms with Crippen molar-refractivity contribution in [3.05, 3.63) is 34.9 Å². The number of rotatable bonds is 4. The Kier molecular flexibility index (Phi) is 3.90. The highest BCUT2D eigenvalue weighted by Crippen LogP contribution is 2.40. The van der Waals surface area contributed by atoms with Crippen LogP contribution in [0.4, 0.5) is 0 Å². The standard InChI is InChI=1S/C17H25NO/c1-3-18-17(16-6-4-5-12(16)2)13-7-8-14-10-19-11-15(14)9-13/h7-9,12,16-18H,3-6,10-11H2,1-2H3. The van der Waals surface area contributed by atoms with E-state index in [0.29, 0.717) is 6.04 Å². The summed E-state index contributed by atoms with van der Waals surface area (Å²) in [6.07, 6.45) is 4.15. The van der Waals surface area contributed by atoms with Crippen molar-refractivity contribution >= 4 is 0 Å². The highest BCUT2D eigenvalue weighted by molar-refractivity contribution is 5.35. The molecule has 3 unspecified atom stereocenters. The zero-order valence-corrected chi connectivity index (χ0v) is 12.1. The highest BCUT2D eigenvalue weighted by Gasteiger charge is 2.31. The molecule has 2 nitrogen and oxygen atoms in total. The molecule has 2 heteroatoms. The zero-order valence-electron chi connectivity index (χ0n) is 12.1. The van der Waals surface area contributed by atoms with E-state index in [9.17, 15) is 0 Å². The molecule has 0 saturated heterocycles. The summed E-state index contributed by atoms with van der Waals surface area (Å²) in [5.41, 5.74) is 4.23. The Morgan fingerprint density at radius 2 is 2.11 bits per heavy atom. The van der Waals surface area contributed by atoms with Crippen LogP contribution in [0.1, 0.15) is 55.8 Å². The largest absolute Gasteiger partial charge is 0.372 e. The molecule has 2 aliphatic rings. The van der Waals surface area contributed by atoms with Gasteiger partial charge in [0.2, 0.25) is 0 Å². The molecule has 0 amide bonds. The first-order valence-corrected chi connectivity index (χ1v) is 7.72. The summed E-state index contributed by atoms with van der Waals surface area (Å²) in [6, 6.07) is 7.47. The molecular formula is C17H25NO. The van der Waals surface area contributed by atoms with Crippen molar-refractivity contribution in [3.8, 4) is 0 Å². The molecule has 104 valence electrons. The molecule has 0 aromatic heterocycles. The van der Waals surface area contributed by atoms with Gasteiger partial charge in [0.05, 0.1) is 13.2 Å². The summed E-state index contributed by atoms with van der Waals surface area (Å²) in [7, 11) is 0. The van der Waals surface area contributed by atoms with Gasteiger partial charge in [-0.05, 0) is 41.5 Å². The zero-order chi connectivity index (χ0) is 13.2. The van der Waals surface area contributed by atoms with Crippen LogP contribution in [0.15, 0.2) is 18.2 Å². The van der Waals surface area contributed by atoms with Gasteiger partial charge < -0.3 is 10.1 Å². The average Bonchev–Trinajstić information content (AvgIpc) is 3.03. The van der Waals surface area contributed by atoms with Gasteiger partial charge in [0.25, 0.3) is 0 Å². The topological polar surface area (TPSA) is 21.3 Å². The van der Waals surface area contributed by atoms with E-state index in [2.05, 4.69) is 37.4 Å². The molecule has 1 aromatic carbocycles. The summed E-state index contributed by atoms with van der Waals surface area (Å²) in [5, 5.41) is 3.72. The van der Waals surface area contributed by atoms with Gasteiger partial charge in [0.1, 0.15) is 0 Å². The lowest BCUT2D eigenvalue weighted by Gasteiger charge is -2.28. The van der Waals surface area contributed by atoms with E-state index >= 15 is 0 Å². The van der Waals surface area contributed by atoms with E-state index in [-0.39, 0.29) is 0 Å². The molecule has 0 radical (unpaired) electrons. The average molecular weight is 259 g/mol. The van der Waals surface area contributed by atoms with Gasteiger partial charge in [-0.3, -0.25) is 0 Å². The van der Waals surface area contributed by atoms with Crippen LogP contribution in [-0.2, 0) is 18.0 Å². The van der Waals surface area contributed by atoms with Gasteiger partial charge >= 0.3 is 0 Å². The van der Waals surface area contributed by atoms with Gasteiger partial charge in [-0.1, -0.05) is 44.9 Å². The predicted molar refractivity (Wildman–Crippen MR) is 77.9 cm³/mol. The first-order valence-electron chi connectivity index (χ1n) is 7.72. The van der Waals surface area contributed by atoms with Crippen molar-refractivity contribution in [1.29, 1.82) is 0 Å². The molecule has 3 atom stereocenters. The monoisotopic (exact) mass is 259 g/mol. The molecule has 1 saturated carbocycles. The summed E-state index contributed by atoms with van der Waals surface area (Å²) < 4.78 is 5.54. The fourth-order valence-electron chi connectivity index (χ4n) is 3.79. The molecule has 0 spiro atoms. The summed E-state index contributed by atoms with van der Waals surface area (Å²) in [4.78, 5) is 0. The number of benzene rings is 1. The van der Waals surface area contributed by atoms with E-state index in [4.69, 9.17) is 4.74 Å². The van der Waals surface area contributed by atoms with Gasteiger partial charge in [-0.25, -0.2) is 0 Å². The van der Waals surface area contributed by atoms with Crippen molar-refractivity contribution in [2.24, 2.45) is 11.8 Å². The normalized spacial score (nSPS) is 27.5. The Bertz CT molecular complexity index is 443. The molecular weight excluding hydrogens is 234 g/mol. The Balaban J connectivity index is 1.87. The maximum Gasteiger partial charge on any atom is 0.0725 e. The first-order chi connectivity index (χ1) is 9.29. The van der Waals surface area contributed by atoms with Crippen LogP contribution in [0.3, 0.4) is 0 Å². The second kappa shape index (κ2) is 5.64. The summed E-state index contributed by atoms with van der Waals surface area (Å²) in [5.74, 6) is 1.63. The van der Waals surface area contributed by atoms with Crippen molar-refractivity contribution in [1.82, 2.24) is 5.32 Å². The smallest absolute Gasteiger partial charge is 0.0725 e. The molecule has 3 rings (SSSR count). The fourth-order valence-corrected chi connectivity index (χ4v) is 3.79. The molecule has 1 aromatic rings. The molecule has 1 aliphatic carbocycles. The predicted octanol–water partition coefficient (Wildman–Crippen LogP) is 3.80. The van der Waals surface area contributed by atoms with Crippen LogP contribution < -0.4 is 5.32 Å². The minimum Gasteiger partial charge on any atom is -0.372 e. The Hall–Kier alpha value is -0.860. The SMILES string of the molecule is CCNC(c1ccc2c(c1)COC2)C1CCCC1C.